The summed E-state index contributed by atoms with van der Waals surface area (Å²) < 4.78 is 33.3. The first-order chi connectivity index (χ1) is 7.72. The highest BCUT2D eigenvalue weighted by Crippen LogP contribution is 2.11. The van der Waals surface area contributed by atoms with E-state index < -0.39 is 13.0 Å². The molecule has 0 aliphatic heterocycles. The molecule has 0 spiro atoms. The lowest BCUT2D eigenvalue weighted by atomic mass is 10.2. The van der Waals surface area contributed by atoms with Gasteiger partial charge in [-0.3, -0.25) is 0 Å². The molecule has 90 valence electrons. The van der Waals surface area contributed by atoms with Crippen molar-refractivity contribution in [1.82, 2.24) is 0 Å². The summed E-state index contributed by atoms with van der Waals surface area (Å²) in [5, 5.41) is 0. The van der Waals surface area contributed by atoms with Gasteiger partial charge in [0.1, 0.15) is 19.0 Å². The summed E-state index contributed by atoms with van der Waals surface area (Å²) in [4.78, 5) is 0. The second kappa shape index (κ2) is 7.14. The van der Waals surface area contributed by atoms with Gasteiger partial charge in [0.2, 0.25) is 0 Å². The first-order valence-electron chi connectivity index (χ1n) is 5.00. The number of alkyl halides is 2. The van der Waals surface area contributed by atoms with Crippen LogP contribution >= 0.6 is 0 Å². The molecule has 0 bridgehead atoms. The van der Waals surface area contributed by atoms with Crippen LogP contribution in [0.5, 0.6) is 5.75 Å². The zero-order chi connectivity index (χ0) is 11.8. The van der Waals surface area contributed by atoms with Crippen LogP contribution in [0.3, 0.4) is 0 Å². The van der Waals surface area contributed by atoms with E-state index in [1.807, 2.05) is 12.1 Å². The molecule has 0 aliphatic rings. The second-order valence-corrected chi connectivity index (χ2v) is 3.16. The van der Waals surface area contributed by atoms with E-state index in [0.29, 0.717) is 12.3 Å². The fourth-order valence-electron chi connectivity index (χ4n) is 1.11. The Hall–Kier alpha value is -1.20. The second-order valence-electron chi connectivity index (χ2n) is 3.16. The summed E-state index contributed by atoms with van der Waals surface area (Å²) in [6.45, 7) is 0.352. The van der Waals surface area contributed by atoms with E-state index >= 15 is 0 Å². The van der Waals surface area contributed by atoms with Gasteiger partial charge in [-0.25, -0.2) is 8.78 Å². The third kappa shape index (κ3) is 5.04. The van der Waals surface area contributed by atoms with Crippen LogP contribution in [0.1, 0.15) is 5.56 Å². The minimum atomic E-state index is -2.43. The minimum absolute atomic E-state index is 0.156. The zero-order valence-electron chi connectivity index (χ0n) is 8.86. The molecule has 0 heterocycles. The maximum atomic E-state index is 11.7. The first-order valence-corrected chi connectivity index (χ1v) is 5.00. The van der Waals surface area contributed by atoms with Gasteiger partial charge in [0.05, 0.1) is 6.61 Å². The normalized spacial score (nSPS) is 10.8. The lowest BCUT2D eigenvalue weighted by Gasteiger charge is -2.07. The summed E-state index contributed by atoms with van der Waals surface area (Å²) in [5.41, 5.74) is 6.45. The smallest absolute Gasteiger partial charge is 0.261 e. The monoisotopic (exact) mass is 231 g/mol. The van der Waals surface area contributed by atoms with Crippen molar-refractivity contribution in [2.75, 3.05) is 19.8 Å². The Morgan fingerprint density at radius 3 is 2.38 bits per heavy atom. The standard InChI is InChI=1S/C11H15F2NO2/c12-11(13)8-15-5-6-16-10-3-1-9(7-14)2-4-10/h1-4,11H,5-8,14H2. The molecule has 0 saturated carbocycles. The molecule has 1 aromatic carbocycles. The van der Waals surface area contributed by atoms with Crippen LogP contribution in [0, 0.1) is 0 Å². The van der Waals surface area contributed by atoms with Gasteiger partial charge in [-0.1, -0.05) is 12.1 Å². The summed E-state index contributed by atoms with van der Waals surface area (Å²) in [7, 11) is 0. The summed E-state index contributed by atoms with van der Waals surface area (Å²) in [6.07, 6.45) is -2.43. The zero-order valence-corrected chi connectivity index (χ0v) is 8.86. The van der Waals surface area contributed by atoms with Gasteiger partial charge in [-0.05, 0) is 17.7 Å². The largest absolute Gasteiger partial charge is 0.491 e. The summed E-state index contributed by atoms with van der Waals surface area (Å²) in [6, 6.07) is 7.29. The minimum Gasteiger partial charge on any atom is -0.491 e. The predicted molar refractivity (Wildman–Crippen MR) is 56.7 cm³/mol. The van der Waals surface area contributed by atoms with Crippen molar-refractivity contribution < 1.29 is 18.3 Å². The molecule has 0 radical (unpaired) electrons. The Morgan fingerprint density at radius 2 is 1.81 bits per heavy atom. The number of nitrogens with two attached hydrogens (primary N) is 1. The molecule has 1 rings (SSSR count). The Bertz CT molecular complexity index is 291. The number of ether oxygens (including phenoxy) is 2. The Balaban J connectivity index is 2.16. The Morgan fingerprint density at radius 1 is 1.12 bits per heavy atom. The molecule has 0 amide bonds. The summed E-state index contributed by atoms with van der Waals surface area (Å²) in [5.74, 6) is 0.679. The van der Waals surface area contributed by atoms with Gasteiger partial charge in [-0.2, -0.15) is 0 Å². The van der Waals surface area contributed by atoms with Gasteiger partial charge in [0, 0.05) is 6.54 Å². The fraction of sp³-hybridized carbons (Fsp3) is 0.455. The lowest BCUT2D eigenvalue weighted by Crippen LogP contribution is -2.11. The van der Waals surface area contributed by atoms with Crippen molar-refractivity contribution in [1.29, 1.82) is 0 Å². The highest BCUT2D eigenvalue weighted by atomic mass is 19.3. The van der Waals surface area contributed by atoms with Crippen molar-refractivity contribution in [2.24, 2.45) is 5.73 Å². The maximum Gasteiger partial charge on any atom is 0.261 e. The van der Waals surface area contributed by atoms with E-state index in [4.69, 9.17) is 10.5 Å². The molecule has 3 nitrogen and oxygen atoms in total. The molecule has 0 aromatic heterocycles. The molecule has 0 aliphatic carbocycles. The summed E-state index contributed by atoms with van der Waals surface area (Å²) >= 11 is 0. The molecule has 0 atom stereocenters. The van der Waals surface area contributed by atoms with Crippen molar-refractivity contribution in [3.63, 3.8) is 0 Å². The topological polar surface area (TPSA) is 44.5 Å². The SMILES string of the molecule is NCc1ccc(OCCOCC(F)F)cc1. The molecule has 1 aromatic rings. The van der Waals surface area contributed by atoms with E-state index in [1.165, 1.54) is 0 Å². The van der Waals surface area contributed by atoms with E-state index in [9.17, 15) is 8.78 Å². The lowest BCUT2D eigenvalue weighted by molar-refractivity contribution is 0.00763. The van der Waals surface area contributed by atoms with E-state index in [2.05, 4.69) is 4.74 Å². The van der Waals surface area contributed by atoms with Gasteiger partial charge in [0.15, 0.2) is 0 Å². The van der Waals surface area contributed by atoms with E-state index in [-0.39, 0.29) is 13.2 Å². The van der Waals surface area contributed by atoms with Crippen LogP contribution < -0.4 is 10.5 Å². The third-order valence-electron chi connectivity index (χ3n) is 1.90. The highest BCUT2D eigenvalue weighted by Gasteiger charge is 2.01. The average molecular weight is 231 g/mol. The number of halogens is 2. The Labute approximate surface area is 93.2 Å². The van der Waals surface area contributed by atoms with Crippen molar-refractivity contribution in [2.45, 2.75) is 13.0 Å². The van der Waals surface area contributed by atoms with E-state index in [0.717, 1.165) is 5.56 Å². The van der Waals surface area contributed by atoms with Crippen molar-refractivity contribution in [3.05, 3.63) is 29.8 Å². The quantitative estimate of drug-likeness (QED) is 0.728. The number of rotatable bonds is 7. The van der Waals surface area contributed by atoms with Crippen LogP contribution in [0.25, 0.3) is 0 Å². The molecular weight excluding hydrogens is 216 g/mol. The molecule has 2 N–H and O–H groups in total. The molecule has 0 saturated heterocycles. The third-order valence-corrected chi connectivity index (χ3v) is 1.90. The average Bonchev–Trinajstić information content (AvgIpc) is 2.29. The van der Waals surface area contributed by atoms with Gasteiger partial charge in [-0.15, -0.1) is 0 Å². The number of benzene rings is 1. The first kappa shape index (κ1) is 12.9. The van der Waals surface area contributed by atoms with Crippen LogP contribution in [0.15, 0.2) is 24.3 Å². The fourth-order valence-corrected chi connectivity index (χ4v) is 1.11. The molecule has 0 fully saturated rings. The van der Waals surface area contributed by atoms with Gasteiger partial charge in [0.25, 0.3) is 6.43 Å². The maximum absolute atomic E-state index is 11.7. The highest BCUT2D eigenvalue weighted by molar-refractivity contribution is 5.26. The molecule has 0 unspecified atom stereocenters. The van der Waals surface area contributed by atoms with Crippen LogP contribution in [0.2, 0.25) is 0 Å². The van der Waals surface area contributed by atoms with Crippen LogP contribution in [-0.4, -0.2) is 26.2 Å². The number of hydrogen-bond donors (Lipinski definition) is 1. The van der Waals surface area contributed by atoms with Gasteiger partial charge >= 0.3 is 0 Å². The predicted octanol–water partition coefficient (Wildman–Crippen LogP) is 1.81. The van der Waals surface area contributed by atoms with Crippen LogP contribution in [-0.2, 0) is 11.3 Å². The number of hydrogen-bond acceptors (Lipinski definition) is 3. The van der Waals surface area contributed by atoms with E-state index in [1.54, 1.807) is 12.1 Å². The Kier molecular flexibility index (Phi) is 5.74. The van der Waals surface area contributed by atoms with Crippen LogP contribution in [0.4, 0.5) is 8.78 Å². The molecular formula is C11H15F2NO2. The molecule has 5 heteroatoms. The van der Waals surface area contributed by atoms with Crippen molar-refractivity contribution in [3.8, 4) is 5.75 Å². The van der Waals surface area contributed by atoms with Gasteiger partial charge < -0.3 is 15.2 Å². The molecule has 16 heavy (non-hydrogen) atoms. The van der Waals surface area contributed by atoms with Crippen molar-refractivity contribution >= 4 is 0 Å².